The second-order valence-corrected chi connectivity index (χ2v) is 4.95. The first-order chi connectivity index (χ1) is 8.99. The van der Waals surface area contributed by atoms with Crippen molar-refractivity contribution in [3.63, 3.8) is 0 Å². The van der Waals surface area contributed by atoms with E-state index in [-0.39, 0.29) is 5.91 Å². The first-order valence-electron chi connectivity index (χ1n) is 5.57. The Morgan fingerprint density at radius 2 is 1.79 bits per heavy atom. The van der Waals surface area contributed by atoms with E-state index in [4.69, 9.17) is 28.9 Å². The van der Waals surface area contributed by atoms with Crippen LogP contribution in [0.5, 0.6) is 0 Å². The standard InChI is InChI=1S/C14H12Cl2N2O/c1-18(13-8-11(16)5-6-12(13)17)14(19)9-3-2-4-10(15)7-9/h2-8H,17H2,1H3. The topological polar surface area (TPSA) is 46.3 Å². The van der Waals surface area contributed by atoms with Crippen LogP contribution in [-0.4, -0.2) is 13.0 Å². The predicted octanol–water partition coefficient (Wildman–Crippen LogP) is 3.85. The molecule has 2 rings (SSSR count). The third-order valence-electron chi connectivity index (χ3n) is 2.73. The summed E-state index contributed by atoms with van der Waals surface area (Å²) >= 11 is 11.8. The molecule has 3 nitrogen and oxygen atoms in total. The van der Waals surface area contributed by atoms with Gasteiger partial charge in [0.1, 0.15) is 0 Å². The number of carbonyl (C=O) groups excluding carboxylic acids is 1. The van der Waals surface area contributed by atoms with E-state index in [1.807, 2.05) is 0 Å². The van der Waals surface area contributed by atoms with Gasteiger partial charge in [-0.2, -0.15) is 0 Å². The fourth-order valence-electron chi connectivity index (χ4n) is 1.73. The number of benzene rings is 2. The van der Waals surface area contributed by atoms with Gasteiger partial charge in [-0.25, -0.2) is 0 Å². The summed E-state index contributed by atoms with van der Waals surface area (Å²) < 4.78 is 0. The molecule has 19 heavy (non-hydrogen) atoms. The van der Waals surface area contributed by atoms with Crippen LogP contribution in [0.15, 0.2) is 42.5 Å². The van der Waals surface area contributed by atoms with Gasteiger partial charge in [0.2, 0.25) is 0 Å². The highest BCUT2D eigenvalue weighted by Crippen LogP contribution is 2.27. The molecule has 98 valence electrons. The third kappa shape index (κ3) is 3.00. The zero-order valence-electron chi connectivity index (χ0n) is 10.2. The van der Waals surface area contributed by atoms with E-state index in [2.05, 4.69) is 0 Å². The molecule has 1 amide bonds. The van der Waals surface area contributed by atoms with Crippen molar-refractivity contribution in [1.29, 1.82) is 0 Å². The summed E-state index contributed by atoms with van der Waals surface area (Å²) in [5, 5.41) is 1.04. The Hall–Kier alpha value is -1.71. The van der Waals surface area contributed by atoms with Crippen LogP contribution in [0, 0.1) is 0 Å². The summed E-state index contributed by atoms with van der Waals surface area (Å²) in [6.45, 7) is 0. The number of nitrogens with zero attached hydrogens (tertiary/aromatic N) is 1. The monoisotopic (exact) mass is 294 g/mol. The SMILES string of the molecule is CN(C(=O)c1cccc(Cl)c1)c1cc(Cl)ccc1N. The van der Waals surface area contributed by atoms with Crippen molar-refractivity contribution in [3.05, 3.63) is 58.1 Å². The normalized spacial score (nSPS) is 10.3. The van der Waals surface area contributed by atoms with Crippen molar-refractivity contribution < 1.29 is 4.79 Å². The smallest absolute Gasteiger partial charge is 0.258 e. The van der Waals surface area contributed by atoms with Crippen LogP contribution in [0.2, 0.25) is 10.0 Å². The van der Waals surface area contributed by atoms with Gasteiger partial charge >= 0.3 is 0 Å². The molecule has 0 spiro atoms. The molecule has 0 fully saturated rings. The molecule has 2 aromatic carbocycles. The molecule has 0 radical (unpaired) electrons. The van der Waals surface area contributed by atoms with E-state index in [0.29, 0.717) is 27.0 Å². The van der Waals surface area contributed by atoms with Gasteiger partial charge in [0.05, 0.1) is 11.4 Å². The quantitative estimate of drug-likeness (QED) is 0.855. The molecule has 0 bridgehead atoms. The van der Waals surface area contributed by atoms with Gasteiger partial charge in [0.15, 0.2) is 0 Å². The zero-order chi connectivity index (χ0) is 14.0. The second kappa shape index (κ2) is 5.51. The lowest BCUT2D eigenvalue weighted by Gasteiger charge is -2.19. The second-order valence-electron chi connectivity index (χ2n) is 4.08. The van der Waals surface area contributed by atoms with E-state index >= 15 is 0 Å². The van der Waals surface area contributed by atoms with Crippen molar-refractivity contribution in [2.24, 2.45) is 0 Å². The number of hydrogen-bond acceptors (Lipinski definition) is 2. The Morgan fingerprint density at radius 1 is 1.11 bits per heavy atom. The van der Waals surface area contributed by atoms with Gasteiger partial charge in [-0.15, -0.1) is 0 Å². The number of nitrogens with two attached hydrogens (primary N) is 1. The average molecular weight is 295 g/mol. The Morgan fingerprint density at radius 3 is 2.47 bits per heavy atom. The van der Waals surface area contributed by atoms with E-state index in [1.54, 1.807) is 49.5 Å². The van der Waals surface area contributed by atoms with Gasteiger partial charge in [-0.1, -0.05) is 29.3 Å². The molecule has 0 unspecified atom stereocenters. The zero-order valence-corrected chi connectivity index (χ0v) is 11.7. The summed E-state index contributed by atoms with van der Waals surface area (Å²) in [5.74, 6) is -0.198. The molecule has 0 aliphatic carbocycles. The molecule has 0 atom stereocenters. The Labute approximate surface area is 121 Å². The molecule has 2 N–H and O–H groups in total. The number of halogens is 2. The lowest BCUT2D eigenvalue weighted by Crippen LogP contribution is -2.27. The number of nitrogen functional groups attached to an aromatic ring is 1. The third-order valence-corrected chi connectivity index (χ3v) is 3.20. The maximum Gasteiger partial charge on any atom is 0.258 e. The van der Waals surface area contributed by atoms with Crippen LogP contribution in [0.4, 0.5) is 11.4 Å². The lowest BCUT2D eigenvalue weighted by atomic mass is 10.2. The van der Waals surface area contributed by atoms with E-state index in [1.165, 1.54) is 4.90 Å². The molecule has 2 aromatic rings. The number of anilines is 2. The number of rotatable bonds is 2. The van der Waals surface area contributed by atoms with E-state index in [9.17, 15) is 4.79 Å². The highest BCUT2D eigenvalue weighted by Gasteiger charge is 2.16. The van der Waals surface area contributed by atoms with Crippen molar-refractivity contribution in [2.45, 2.75) is 0 Å². The van der Waals surface area contributed by atoms with Crippen LogP contribution in [0.3, 0.4) is 0 Å². The molecular formula is C14H12Cl2N2O. The van der Waals surface area contributed by atoms with E-state index in [0.717, 1.165) is 0 Å². The molecule has 0 aliphatic rings. The summed E-state index contributed by atoms with van der Waals surface area (Å²) in [7, 11) is 1.64. The minimum Gasteiger partial charge on any atom is -0.397 e. The van der Waals surface area contributed by atoms with Crippen LogP contribution in [0.25, 0.3) is 0 Å². The number of amides is 1. The fraction of sp³-hybridized carbons (Fsp3) is 0.0714. The van der Waals surface area contributed by atoms with E-state index < -0.39 is 0 Å². The molecule has 0 saturated heterocycles. The summed E-state index contributed by atoms with van der Waals surface area (Å²) in [6, 6.07) is 11.8. The predicted molar refractivity (Wildman–Crippen MR) is 80.0 cm³/mol. The Balaban J connectivity index is 2.36. The summed E-state index contributed by atoms with van der Waals surface area (Å²) in [5.41, 5.74) is 7.41. The number of carbonyl (C=O) groups is 1. The highest BCUT2D eigenvalue weighted by molar-refractivity contribution is 6.31. The lowest BCUT2D eigenvalue weighted by molar-refractivity contribution is 0.0993. The minimum absolute atomic E-state index is 0.198. The molecule has 0 saturated carbocycles. The maximum absolute atomic E-state index is 12.3. The van der Waals surface area contributed by atoms with Gasteiger partial charge in [-0.05, 0) is 36.4 Å². The average Bonchev–Trinajstić information content (AvgIpc) is 2.40. The number of hydrogen-bond donors (Lipinski definition) is 1. The fourth-order valence-corrected chi connectivity index (χ4v) is 2.09. The van der Waals surface area contributed by atoms with Crippen LogP contribution >= 0.6 is 23.2 Å². The molecular weight excluding hydrogens is 283 g/mol. The molecule has 0 heterocycles. The first-order valence-corrected chi connectivity index (χ1v) is 6.33. The summed E-state index contributed by atoms with van der Waals surface area (Å²) in [4.78, 5) is 13.8. The Kier molecular flexibility index (Phi) is 3.98. The van der Waals surface area contributed by atoms with Crippen molar-refractivity contribution in [1.82, 2.24) is 0 Å². The molecule has 5 heteroatoms. The molecule has 0 aromatic heterocycles. The summed E-state index contributed by atoms with van der Waals surface area (Å²) in [6.07, 6.45) is 0. The van der Waals surface area contributed by atoms with Crippen LogP contribution < -0.4 is 10.6 Å². The van der Waals surface area contributed by atoms with Gasteiger partial charge < -0.3 is 10.6 Å². The van der Waals surface area contributed by atoms with Gasteiger partial charge in [0.25, 0.3) is 5.91 Å². The van der Waals surface area contributed by atoms with Gasteiger partial charge in [-0.3, -0.25) is 4.79 Å². The first kappa shape index (κ1) is 13.7. The van der Waals surface area contributed by atoms with Crippen LogP contribution in [0.1, 0.15) is 10.4 Å². The van der Waals surface area contributed by atoms with Crippen molar-refractivity contribution in [2.75, 3.05) is 17.7 Å². The van der Waals surface area contributed by atoms with Gasteiger partial charge in [0, 0.05) is 22.7 Å². The largest absolute Gasteiger partial charge is 0.397 e. The van der Waals surface area contributed by atoms with Crippen molar-refractivity contribution in [3.8, 4) is 0 Å². The highest BCUT2D eigenvalue weighted by atomic mass is 35.5. The molecule has 0 aliphatic heterocycles. The Bertz CT molecular complexity index is 629. The minimum atomic E-state index is -0.198. The maximum atomic E-state index is 12.3. The van der Waals surface area contributed by atoms with Crippen LogP contribution in [-0.2, 0) is 0 Å². The van der Waals surface area contributed by atoms with Crippen molar-refractivity contribution >= 4 is 40.5 Å².